The van der Waals surface area contributed by atoms with Gasteiger partial charge in [0, 0.05) is 26.0 Å². The highest BCUT2D eigenvalue weighted by atomic mass is 19.1. The minimum atomic E-state index is -0.741. The van der Waals surface area contributed by atoms with Crippen LogP contribution in [-0.2, 0) is 18.3 Å². The molecule has 1 amide bonds. The van der Waals surface area contributed by atoms with Crippen LogP contribution in [0.5, 0.6) is 11.5 Å². The number of ether oxygens (including phenoxy) is 2. The van der Waals surface area contributed by atoms with Crippen molar-refractivity contribution in [3.05, 3.63) is 75.0 Å². The third kappa shape index (κ3) is 4.99. The molecule has 0 spiro atoms. The van der Waals surface area contributed by atoms with E-state index in [-0.39, 0.29) is 41.8 Å². The molecule has 0 atom stereocenters. The number of hydrogen-bond donors (Lipinski definition) is 1. The lowest BCUT2D eigenvalue weighted by Gasteiger charge is -2.11. The quantitative estimate of drug-likeness (QED) is 0.385. The standard InChI is InChI=1S/C23H21FN6O6/c1-29-22(32)20(27-30(23(29)33)14-6-4-13(24)5-7-14)21-26-19(36-28-21)11-10-18(31)25-16-9-8-15(34-2)12-17(16)35-3/h4-9,12H,10-11H2,1-3H3,(H,25,31). The second-order valence-electron chi connectivity index (χ2n) is 7.51. The van der Waals surface area contributed by atoms with E-state index >= 15 is 0 Å². The molecule has 2 heterocycles. The number of hydrogen-bond acceptors (Lipinski definition) is 9. The molecule has 1 N–H and O–H groups in total. The van der Waals surface area contributed by atoms with Gasteiger partial charge in [-0.25, -0.2) is 9.18 Å². The van der Waals surface area contributed by atoms with Crippen LogP contribution in [0.15, 0.2) is 56.6 Å². The van der Waals surface area contributed by atoms with Crippen molar-refractivity contribution in [3.8, 4) is 28.7 Å². The van der Waals surface area contributed by atoms with Crippen molar-refractivity contribution in [2.45, 2.75) is 12.8 Å². The Labute approximate surface area is 202 Å². The number of nitrogens with zero attached hydrogens (tertiary/aromatic N) is 5. The van der Waals surface area contributed by atoms with Gasteiger partial charge < -0.3 is 19.3 Å². The van der Waals surface area contributed by atoms with Crippen molar-refractivity contribution in [3.63, 3.8) is 0 Å². The van der Waals surface area contributed by atoms with Gasteiger partial charge in [0.1, 0.15) is 17.3 Å². The fourth-order valence-corrected chi connectivity index (χ4v) is 3.25. The number of aryl methyl sites for hydroxylation is 1. The summed E-state index contributed by atoms with van der Waals surface area (Å²) >= 11 is 0. The predicted molar refractivity (Wildman–Crippen MR) is 125 cm³/mol. The van der Waals surface area contributed by atoms with E-state index < -0.39 is 17.1 Å². The first-order valence-corrected chi connectivity index (χ1v) is 10.6. The number of carbonyl (C=O) groups is 1. The Bertz CT molecular complexity index is 1530. The lowest BCUT2D eigenvalue weighted by Crippen LogP contribution is -2.40. The average Bonchev–Trinajstić information content (AvgIpc) is 3.36. The van der Waals surface area contributed by atoms with Crippen LogP contribution in [0.1, 0.15) is 12.3 Å². The molecule has 0 fully saturated rings. The van der Waals surface area contributed by atoms with Crippen molar-refractivity contribution in [1.82, 2.24) is 24.5 Å². The van der Waals surface area contributed by atoms with Crippen molar-refractivity contribution in [2.75, 3.05) is 19.5 Å². The lowest BCUT2D eigenvalue weighted by atomic mass is 10.2. The van der Waals surface area contributed by atoms with Gasteiger partial charge in [-0.3, -0.25) is 14.2 Å². The fourth-order valence-electron chi connectivity index (χ4n) is 3.25. The second kappa shape index (κ2) is 10.2. The minimum Gasteiger partial charge on any atom is -0.497 e. The van der Waals surface area contributed by atoms with Gasteiger partial charge in [0.25, 0.3) is 5.56 Å². The SMILES string of the molecule is COc1ccc(NC(=O)CCc2nc(-c3nn(-c4ccc(F)cc4)c(=O)n(C)c3=O)no2)c(OC)c1. The second-order valence-corrected chi connectivity index (χ2v) is 7.51. The van der Waals surface area contributed by atoms with E-state index in [1.807, 2.05) is 0 Å². The molecule has 0 saturated carbocycles. The summed E-state index contributed by atoms with van der Waals surface area (Å²) in [4.78, 5) is 41.7. The zero-order chi connectivity index (χ0) is 25.8. The number of benzene rings is 2. The number of methoxy groups -OCH3 is 2. The highest BCUT2D eigenvalue weighted by Gasteiger charge is 2.20. The maximum Gasteiger partial charge on any atom is 0.351 e. The average molecular weight is 496 g/mol. The number of anilines is 1. The number of nitrogens with one attached hydrogen (secondary N) is 1. The third-order valence-corrected chi connectivity index (χ3v) is 5.18. The zero-order valence-electron chi connectivity index (χ0n) is 19.5. The first-order chi connectivity index (χ1) is 17.3. The van der Waals surface area contributed by atoms with E-state index in [9.17, 15) is 18.8 Å². The van der Waals surface area contributed by atoms with Crippen molar-refractivity contribution >= 4 is 11.6 Å². The smallest absolute Gasteiger partial charge is 0.351 e. The van der Waals surface area contributed by atoms with Crippen LogP contribution >= 0.6 is 0 Å². The molecule has 0 unspecified atom stereocenters. The highest BCUT2D eigenvalue weighted by Crippen LogP contribution is 2.29. The summed E-state index contributed by atoms with van der Waals surface area (Å²) in [5, 5.41) is 10.6. The summed E-state index contributed by atoms with van der Waals surface area (Å²) in [5.41, 5.74) is -1.01. The molecule has 0 radical (unpaired) electrons. The molecule has 0 saturated heterocycles. The summed E-state index contributed by atoms with van der Waals surface area (Å²) in [6.45, 7) is 0. The fraction of sp³-hybridized carbons (Fsp3) is 0.217. The van der Waals surface area contributed by atoms with E-state index in [0.29, 0.717) is 17.2 Å². The molecule has 12 nitrogen and oxygen atoms in total. The zero-order valence-corrected chi connectivity index (χ0v) is 19.5. The highest BCUT2D eigenvalue weighted by molar-refractivity contribution is 5.92. The molecule has 186 valence electrons. The van der Waals surface area contributed by atoms with Crippen LogP contribution in [0.4, 0.5) is 10.1 Å². The number of amides is 1. The Morgan fingerprint density at radius 2 is 1.86 bits per heavy atom. The van der Waals surface area contributed by atoms with Gasteiger partial charge in [0.05, 0.1) is 25.6 Å². The topological polar surface area (TPSA) is 143 Å². The van der Waals surface area contributed by atoms with E-state index in [4.69, 9.17) is 14.0 Å². The number of halogens is 1. The molecule has 13 heteroatoms. The van der Waals surface area contributed by atoms with Crippen molar-refractivity contribution in [2.24, 2.45) is 7.05 Å². The Morgan fingerprint density at radius 1 is 1.11 bits per heavy atom. The molecule has 2 aromatic heterocycles. The molecule has 4 aromatic rings. The Morgan fingerprint density at radius 3 is 2.56 bits per heavy atom. The first kappa shape index (κ1) is 24.3. The largest absolute Gasteiger partial charge is 0.497 e. The van der Waals surface area contributed by atoms with Gasteiger partial charge in [-0.05, 0) is 36.4 Å². The summed E-state index contributed by atoms with van der Waals surface area (Å²) in [6, 6.07) is 9.98. The Hall–Kier alpha value is -4.81. The number of rotatable bonds is 8. The molecule has 36 heavy (non-hydrogen) atoms. The Kier molecular flexibility index (Phi) is 6.90. The summed E-state index contributed by atoms with van der Waals surface area (Å²) in [5.74, 6) is 0.116. The third-order valence-electron chi connectivity index (χ3n) is 5.18. The molecular weight excluding hydrogens is 475 g/mol. The van der Waals surface area contributed by atoms with Crippen molar-refractivity contribution < 1.29 is 23.2 Å². The normalized spacial score (nSPS) is 10.8. The number of carbonyl (C=O) groups excluding carboxylic acids is 1. The number of aromatic nitrogens is 5. The minimum absolute atomic E-state index is 0.00265. The maximum absolute atomic E-state index is 13.3. The van der Waals surface area contributed by atoms with Crippen LogP contribution in [0.25, 0.3) is 17.2 Å². The Balaban J connectivity index is 1.51. The lowest BCUT2D eigenvalue weighted by molar-refractivity contribution is -0.116. The first-order valence-electron chi connectivity index (χ1n) is 10.6. The molecular formula is C23H21FN6O6. The van der Waals surface area contributed by atoms with E-state index in [1.165, 1.54) is 33.4 Å². The van der Waals surface area contributed by atoms with Gasteiger partial charge in [-0.1, -0.05) is 5.16 Å². The van der Waals surface area contributed by atoms with Crippen LogP contribution in [0.3, 0.4) is 0 Å². The monoisotopic (exact) mass is 496 g/mol. The van der Waals surface area contributed by atoms with Gasteiger partial charge >= 0.3 is 5.69 Å². The van der Waals surface area contributed by atoms with Crippen molar-refractivity contribution in [1.29, 1.82) is 0 Å². The summed E-state index contributed by atoms with van der Waals surface area (Å²) < 4.78 is 30.6. The molecule has 2 aromatic carbocycles. The van der Waals surface area contributed by atoms with Crippen LogP contribution in [0.2, 0.25) is 0 Å². The van der Waals surface area contributed by atoms with E-state index in [0.717, 1.165) is 21.4 Å². The summed E-state index contributed by atoms with van der Waals surface area (Å²) in [6.07, 6.45) is 0.0759. The van der Waals surface area contributed by atoms with Crippen LogP contribution < -0.4 is 26.0 Å². The van der Waals surface area contributed by atoms with Crippen LogP contribution in [-0.4, -0.2) is 44.6 Å². The maximum atomic E-state index is 13.3. The van der Waals surface area contributed by atoms with E-state index in [2.05, 4.69) is 20.6 Å². The van der Waals surface area contributed by atoms with Gasteiger partial charge in [-0.15, -0.1) is 0 Å². The van der Waals surface area contributed by atoms with Gasteiger partial charge in [-0.2, -0.15) is 14.8 Å². The molecule has 0 aliphatic rings. The van der Waals surface area contributed by atoms with Gasteiger partial charge in [0.15, 0.2) is 5.69 Å². The molecule has 4 rings (SSSR count). The summed E-state index contributed by atoms with van der Waals surface area (Å²) in [7, 11) is 4.27. The molecule has 0 bridgehead atoms. The van der Waals surface area contributed by atoms with E-state index in [1.54, 1.807) is 18.2 Å². The molecule has 0 aliphatic heterocycles. The predicted octanol–water partition coefficient (Wildman–Crippen LogP) is 1.71. The van der Waals surface area contributed by atoms with Crippen LogP contribution in [0, 0.1) is 5.82 Å². The molecule has 0 aliphatic carbocycles. The van der Waals surface area contributed by atoms with Gasteiger partial charge in [0.2, 0.25) is 17.6 Å².